The molecule has 10 heteroatoms. The normalized spacial score (nSPS) is 13.8. The number of carbonyl (C=O) groups excluding carboxylic acids is 1. The number of hydrazine groups is 1. The lowest BCUT2D eigenvalue weighted by Gasteiger charge is -2.25. The second-order valence-electron chi connectivity index (χ2n) is 6.91. The van der Waals surface area contributed by atoms with Gasteiger partial charge in [-0.25, -0.2) is 15.6 Å². The van der Waals surface area contributed by atoms with Gasteiger partial charge in [-0.1, -0.05) is 6.42 Å². The fourth-order valence-corrected chi connectivity index (χ4v) is 2.49. The van der Waals surface area contributed by atoms with E-state index in [0.29, 0.717) is 23.0 Å². The molecule has 1 aromatic heterocycles. The van der Waals surface area contributed by atoms with Crippen LogP contribution in [0.25, 0.3) is 5.70 Å². The van der Waals surface area contributed by atoms with Crippen molar-refractivity contribution in [3.8, 4) is 5.75 Å². The number of carbonyl (C=O) groups is 2. The molecule has 0 radical (unpaired) electrons. The van der Waals surface area contributed by atoms with E-state index in [9.17, 15) is 4.79 Å². The van der Waals surface area contributed by atoms with E-state index in [1.54, 1.807) is 27.2 Å². The molecule has 5 N–H and O–H groups in total. The zero-order valence-electron chi connectivity index (χ0n) is 17.4. The van der Waals surface area contributed by atoms with E-state index < -0.39 is 6.09 Å². The Balaban J connectivity index is 0.00000132. The first-order valence-corrected chi connectivity index (χ1v) is 9.21. The van der Waals surface area contributed by atoms with Gasteiger partial charge in [0.05, 0.1) is 29.4 Å². The van der Waals surface area contributed by atoms with Crippen molar-refractivity contribution < 1.29 is 24.2 Å². The zero-order valence-corrected chi connectivity index (χ0v) is 17.4. The van der Waals surface area contributed by atoms with Crippen LogP contribution in [0.4, 0.5) is 4.79 Å². The van der Waals surface area contributed by atoms with Crippen LogP contribution in [-0.4, -0.2) is 66.9 Å². The van der Waals surface area contributed by atoms with E-state index >= 15 is 0 Å². The van der Waals surface area contributed by atoms with Crippen LogP contribution in [0.5, 0.6) is 5.75 Å². The molecular weight excluding hydrogens is 378 g/mol. The molecule has 0 aromatic carbocycles. The summed E-state index contributed by atoms with van der Waals surface area (Å²) in [4.78, 5) is 25.8. The molecule has 29 heavy (non-hydrogen) atoms. The minimum Gasteiger partial charge on any atom is -0.491 e. The Morgan fingerprint density at radius 2 is 1.97 bits per heavy atom. The van der Waals surface area contributed by atoms with Gasteiger partial charge in [0.15, 0.2) is 0 Å². The van der Waals surface area contributed by atoms with Crippen LogP contribution < -0.4 is 16.3 Å². The predicted octanol–water partition coefficient (Wildman–Crippen LogP) is 1.40. The molecule has 1 aliphatic carbocycles. The van der Waals surface area contributed by atoms with Crippen LogP contribution in [0.2, 0.25) is 0 Å². The van der Waals surface area contributed by atoms with Crippen molar-refractivity contribution in [2.45, 2.75) is 26.2 Å². The summed E-state index contributed by atoms with van der Waals surface area (Å²) >= 11 is 0. The van der Waals surface area contributed by atoms with Gasteiger partial charge in [0.25, 0.3) is 6.47 Å². The molecule has 1 saturated carbocycles. The summed E-state index contributed by atoms with van der Waals surface area (Å²) in [6.07, 6.45) is 3.29. The van der Waals surface area contributed by atoms with Crippen molar-refractivity contribution in [2.24, 2.45) is 17.5 Å². The Kier molecular flexibility index (Phi) is 9.73. The van der Waals surface area contributed by atoms with Gasteiger partial charge < -0.3 is 30.2 Å². The first kappa shape index (κ1) is 24.0. The smallest absolute Gasteiger partial charge is 0.409 e. The van der Waals surface area contributed by atoms with Crippen LogP contribution in [0.1, 0.15) is 30.7 Å². The standard InChI is InChI=1S/C18H29N5O3.CH2O2/c1-12-16(25-10-13-6-5-7-13)9-8-14(21-12)17(19)15(23(4)20)11-26-18(24)22(2)3;2-1-3/h8-9,13H,5-7,10-11,19-20H2,1-4H3;1H,(H,2,3)/b17-15-;. The van der Waals surface area contributed by atoms with E-state index in [2.05, 4.69) is 4.98 Å². The lowest BCUT2D eigenvalue weighted by molar-refractivity contribution is -0.122. The molecule has 1 heterocycles. The fourth-order valence-electron chi connectivity index (χ4n) is 2.49. The number of nitrogens with two attached hydrogens (primary N) is 2. The largest absolute Gasteiger partial charge is 0.491 e. The number of hydrogen-bond donors (Lipinski definition) is 3. The van der Waals surface area contributed by atoms with Gasteiger partial charge >= 0.3 is 6.09 Å². The maximum absolute atomic E-state index is 11.6. The summed E-state index contributed by atoms with van der Waals surface area (Å²) in [5, 5.41) is 8.22. The number of likely N-dealkylation sites (N-methyl/N-ethyl adjacent to an activating group) is 1. The SMILES string of the molecule is Cc1nc(/C(N)=C(\COC(=O)N(C)C)N(C)N)ccc1OCC1CCC1.O=CO. The highest BCUT2D eigenvalue weighted by molar-refractivity contribution is 5.68. The molecule has 0 spiro atoms. The van der Waals surface area contributed by atoms with Crippen LogP contribution in [0.3, 0.4) is 0 Å². The lowest BCUT2D eigenvalue weighted by Crippen LogP contribution is -2.33. The van der Waals surface area contributed by atoms with Crippen molar-refractivity contribution in [1.82, 2.24) is 14.9 Å². The number of amides is 1. The molecule has 0 bridgehead atoms. The minimum atomic E-state index is -0.471. The summed E-state index contributed by atoms with van der Waals surface area (Å²) in [6.45, 7) is 2.31. The maximum atomic E-state index is 11.6. The van der Waals surface area contributed by atoms with Crippen LogP contribution in [0, 0.1) is 12.8 Å². The Morgan fingerprint density at radius 3 is 2.41 bits per heavy atom. The van der Waals surface area contributed by atoms with Crippen LogP contribution in [0.15, 0.2) is 17.8 Å². The summed E-state index contributed by atoms with van der Waals surface area (Å²) in [7, 11) is 4.84. The third-order valence-corrected chi connectivity index (χ3v) is 4.45. The van der Waals surface area contributed by atoms with Gasteiger partial charge in [0.2, 0.25) is 0 Å². The van der Waals surface area contributed by atoms with Gasteiger partial charge in [0.1, 0.15) is 12.4 Å². The van der Waals surface area contributed by atoms with E-state index in [0.717, 1.165) is 18.1 Å². The fraction of sp³-hybridized carbons (Fsp3) is 0.526. The average molecular weight is 409 g/mol. The average Bonchev–Trinajstić information content (AvgIpc) is 2.61. The Morgan fingerprint density at radius 1 is 1.34 bits per heavy atom. The summed E-state index contributed by atoms with van der Waals surface area (Å²) in [6, 6.07) is 3.65. The Bertz CT molecular complexity index is 717. The summed E-state index contributed by atoms with van der Waals surface area (Å²) in [5.41, 5.74) is 8.37. The van der Waals surface area contributed by atoms with Crippen molar-refractivity contribution >= 4 is 18.3 Å². The third-order valence-electron chi connectivity index (χ3n) is 4.45. The first-order valence-electron chi connectivity index (χ1n) is 9.21. The molecule has 0 atom stereocenters. The number of ether oxygens (including phenoxy) is 2. The highest BCUT2D eigenvalue weighted by Crippen LogP contribution is 2.28. The van der Waals surface area contributed by atoms with E-state index in [-0.39, 0.29) is 13.1 Å². The van der Waals surface area contributed by atoms with Crippen molar-refractivity contribution in [3.05, 3.63) is 29.2 Å². The quantitative estimate of drug-likeness (QED) is 0.346. The number of aromatic nitrogens is 1. The number of hydrogen-bond acceptors (Lipinski definition) is 8. The molecule has 1 aromatic rings. The minimum absolute atomic E-state index is 0.0451. The van der Waals surface area contributed by atoms with Gasteiger partial charge in [-0.15, -0.1) is 0 Å². The highest BCUT2D eigenvalue weighted by atomic mass is 16.6. The topological polar surface area (TPSA) is 144 Å². The second-order valence-corrected chi connectivity index (χ2v) is 6.91. The number of carboxylic acid groups (broad SMARTS) is 1. The molecule has 0 unspecified atom stereocenters. The molecular formula is C19H31N5O5. The van der Waals surface area contributed by atoms with Gasteiger partial charge in [-0.05, 0) is 37.8 Å². The van der Waals surface area contributed by atoms with Crippen molar-refractivity contribution in [3.63, 3.8) is 0 Å². The molecule has 1 aliphatic rings. The number of pyridine rings is 1. The van der Waals surface area contributed by atoms with Gasteiger partial charge in [0, 0.05) is 21.1 Å². The highest BCUT2D eigenvalue weighted by Gasteiger charge is 2.19. The monoisotopic (exact) mass is 409 g/mol. The molecule has 1 fully saturated rings. The molecule has 0 saturated heterocycles. The molecule has 162 valence electrons. The molecule has 0 aliphatic heterocycles. The third kappa shape index (κ3) is 7.49. The number of rotatable bonds is 7. The summed E-state index contributed by atoms with van der Waals surface area (Å²) in [5.74, 6) is 7.26. The molecule has 2 rings (SSSR count). The molecule has 10 nitrogen and oxygen atoms in total. The zero-order chi connectivity index (χ0) is 22.0. The van der Waals surface area contributed by atoms with Crippen molar-refractivity contribution in [1.29, 1.82) is 0 Å². The number of aryl methyl sites for hydroxylation is 1. The predicted molar refractivity (Wildman–Crippen MR) is 109 cm³/mol. The first-order chi connectivity index (χ1) is 13.7. The van der Waals surface area contributed by atoms with Crippen LogP contribution >= 0.6 is 0 Å². The maximum Gasteiger partial charge on any atom is 0.409 e. The Hall–Kier alpha value is -3.01. The molecule has 1 amide bonds. The van der Waals surface area contributed by atoms with E-state index in [1.807, 2.05) is 13.0 Å². The van der Waals surface area contributed by atoms with E-state index in [4.69, 9.17) is 31.0 Å². The van der Waals surface area contributed by atoms with Gasteiger partial charge in [-0.3, -0.25) is 4.79 Å². The van der Waals surface area contributed by atoms with E-state index in [1.165, 1.54) is 29.2 Å². The van der Waals surface area contributed by atoms with Crippen LogP contribution in [-0.2, 0) is 9.53 Å². The second kappa shape index (κ2) is 11.7. The Labute approximate surface area is 171 Å². The van der Waals surface area contributed by atoms with Crippen molar-refractivity contribution in [2.75, 3.05) is 34.4 Å². The number of nitrogens with zero attached hydrogens (tertiary/aromatic N) is 3. The van der Waals surface area contributed by atoms with Gasteiger partial charge in [-0.2, -0.15) is 0 Å². The summed E-state index contributed by atoms with van der Waals surface area (Å²) < 4.78 is 11.0. The lowest BCUT2D eigenvalue weighted by atomic mass is 9.86.